The number of hydrogen-bond acceptors (Lipinski definition) is 4. The van der Waals surface area contributed by atoms with Gasteiger partial charge in [-0.05, 0) is 29.7 Å². The Bertz CT molecular complexity index is 1040. The summed E-state index contributed by atoms with van der Waals surface area (Å²) >= 11 is 0. The highest BCUT2D eigenvalue weighted by Gasteiger charge is 2.17. The first-order valence-electron chi connectivity index (χ1n) is 6.93. The number of sulfonamides is 1. The Morgan fingerprint density at radius 1 is 1.00 bits per heavy atom. The van der Waals surface area contributed by atoms with Crippen LogP contribution in [-0.4, -0.2) is 19.5 Å². The zero-order valence-electron chi connectivity index (χ0n) is 12.3. The Labute approximate surface area is 138 Å². The van der Waals surface area contributed by atoms with Gasteiger partial charge in [0.05, 0.1) is 10.5 Å². The molecule has 3 aromatic carbocycles. The Hall–Kier alpha value is -3.06. The average Bonchev–Trinajstić information content (AvgIpc) is 2.53. The van der Waals surface area contributed by atoms with Crippen LogP contribution >= 0.6 is 0 Å². The van der Waals surface area contributed by atoms with Crippen LogP contribution in [0.2, 0.25) is 0 Å². The summed E-state index contributed by atoms with van der Waals surface area (Å²) in [6.45, 7) is 0. The summed E-state index contributed by atoms with van der Waals surface area (Å²) in [4.78, 5) is 10.9. The monoisotopic (exact) mass is 342 g/mol. The fourth-order valence-electron chi connectivity index (χ4n) is 2.40. The minimum absolute atomic E-state index is 0.0120. The van der Waals surface area contributed by atoms with Gasteiger partial charge in [-0.1, -0.05) is 42.1 Å². The summed E-state index contributed by atoms with van der Waals surface area (Å²) in [5.74, 6) is -2.12. The Morgan fingerprint density at radius 3 is 2.42 bits per heavy atom. The first-order valence-corrected chi connectivity index (χ1v) is 8.42. The van der Waals surface area contributed by atoms with Crippen molar-refractivity contribution in [3.63, 3.8) is 0 Å². The van der Waals surface area contributed by atoms with E-state index < -0.39 is 27.3 Å². The minimum atomic E-state index is -3.93. The fourth-order valence-corrected chi connectivity index (χ4v) is 3.68. The number of carbonyl (C=O) groups is 1. The van der Waals surface area contributed by atoms with Crippen LogP contribution in [0.3, 0.4) is 0 Å². The molecule has 0 radical (unpaired) electrons. The second-order valence-corrected chi connectivity index (χ2v) is 6.75. The van der Waals surface area contributed by atoms with E-state index in [4.69, 9.17) is 5.11 Å². The molecule has 0 aliphatic rings. The van der Waals surface area contributed by atoms with E-state index in [1.807, 2.05) is 0 Å². The van der Waals surface area contributed by atoms with Crippen molar-refractivity contribution in [2.45, 2.75) is 4.90 Å². The third-order valence-electron chi connectivity index (χ3n) is 3.50. The van der Waals surface area contributed by atoms with Gasteiger partial charge < -0.3 is 10.2 Å². The fraction of sp³-hybridized carbons (Fsp3) is 0. The number of carboxylic acid groups (broad SMARTS) is 1. The van der Waals surface area contributed by atoms with Gasteiger partial charge in [-0.2, -0.15) is 0 Å². The van der Waals surface area contributed by atoms with Gasteiger partial charge in [0.25, 0.3) is 10.0 Å². The Balaban J connectivity index is 2.02. The van der Waals surface area contributed by atoms with Gasteiger partial charge >= 0.3 is 5.97 Å². The van der Waals surface area contributed by atoms with E-state index in [1.54, 1.807) is 36.4 Å². The molecule has 0 bridgehead atoms. The lowest BCUT2D eigenvalue weighted by molar-refractivity contribution is -0.268. The van der Waals surface area contributed by atoms with E-state index in [0.29, 0.717) is 5.39 Å². The van der Waals surface area contributed by atoms with E-state index in [-0.39, 0.29) is 10.6 Å². The van der Waals surface area contributed by atoms with Gasteiger partial charge in [-0.25, -0.2) is 13.2 Å². The molecule has 0 heterocycles. The molecule has 122 valence electrons. The summed E-state index contributed by atoms with van der Waals surface area (Å²) in [6, 6.07) is 15.2. The van der Waals surface area contributed by atoms with Crippen LogP contribution < -0.4 is 9.83 Å². The molecular weight excluding hydrogens is 330 g/mol. The lowest BCUT2D eigenvalue weighted by Crippen LogP contribution is -2.14. The van der Waals surface area contributed by atoms with Crippen molar-refractivity contribution in [3.8, 4) is 5.75 Å². The highest BCUT2D eigenvalue weighted by Crippen LogP contribution is 2.26. The molecule has 24 heavy (non-hydrogen) atoms. The van der Waals surface area contributed by atoms with Crippen LogP contribution in [0.1, 0.15) is 10.4 Å². The lowest BCUT2D eigenvalue weighted by Gasteiger charge is -2.14. The first-order chi connectivity index (χ1) is 11.4. The van der Waals surface area contributed by atoms with E-state index in [2.05, 4.69) is 4.72 Å². The summed E-state index contributed by atoms with van der Waals surface area (Å²) in [6.07, 6.45) is 0. The van der Waals surface area contributed by atoms with Crippen molar-refractivity contribution in [3.05, 3.63) is 66.2 Å². The SMILES string of the molecule is O=C(O)c1ccc(NS(=O)(=O)c2cccc3ccccc23)cc1[O-]. The standard InChI is InChI=1S/C17H13NO5S/c19-15-10-12(8-9-14(15)17(20)21)18-24(22,23)16-7-3-5-11-4-1-2-6-13(11)16/h1-10,18-19H,(H,20,21)/p-1. The van der Waals surface area contributed by atoms with Crippen LogP contribution in [0.5, 0.6) is 5.75 Å². The Morgan fingerprint density at radius 2 is 1.71 bits per heavy atom. The number of aromatic carboxylic acids is 1. The third kappa shape index (κ3) is 2.89. The van der Waals surface area contributed by atoms with Gasteiger partial charge in [0.1, 0.15) is 0 Å². The molecule has 0 amide bonds. The van der Waals surface area contributed by atoms with Crippen LogP contribution in [0.4, 0.5) is 5.69 Å². The molecule has 0 saturated heterocycles. The molecule has 0 fully saturated rings. The van der Waals surface area contributed by atoms with Crippen molar-refractivity contribution < 1.29 is 23.4 Å². The Kier molecular flexibility index (Phi) is 3.86. The molecule has 3 rings (SSSR count). The van der Waals surface area contributed by atoms with E-state index in [0.717, 1.165) is 17.5 Å². The third-order valence-corrected chi connectivity index (χ3v) is 4.94. The summed E-state index contributed by atoms with van der Waals surface area (Å²) in [7, 11) is -3.93. The topological polar surface area (TPSA) is 107 Å². The molecule has 2 N–H and O–H groups in total. The normalized spacial score (nSPS) is 11.3. The number of hydrogen-bond donors (Lipinski definition) is 2. The highest BCUT2D eigenvalue weighted by molar-refractivity contribution is 7.93. The second kappa shape index (κ2) is 5.86. The quantitative estimate of drug-likeness (QED) is 0.757. The maximum atomic E-state index is 12.6. The maximum Gasteiger partial charge on any atom is 0.335 e. The number of rotatable bonds is 4. The van der Waals surface area contributed by atoms with Crippen molar-refractivity contribution in [2.24, 2.45) is 0 Å². The molecule has 0 aliphatic carbocycles. The van der Waals surface area contributed by atoms with Gasteiger partial charge in [0, 0.05) is 11.1 Å². The zero-order chi connectivity index (χ0) is 17.3. The minimum Gasteiger partial charge on any atom is -0.872 e. The van der Waals surface area contributed by atoms with E-state index in [9.17, 15) is 18.3 Å². The van der Waals surface area contributed by atoms with Crippen molar-refractivity contribution in [2.75, 3.05) is 4.72 Å². The number of fused-ring (bicyclic) bond motifs is 1. The number of nitrogens with one attached hydrogen (secondary N) is 1. The molecule has 0 aliphatic heterocycles. The predicted molar refractivity (Wildman–Crippen MR) is 87.6 cm³/mol. The van der Waals surface area contributed by atoms with Crippen LogP contribution in [-0.2, 0) is 10.0 Å². The summed E-state index contributed by atoms with van der Waals surface area (Å²) in [5, 5.41) is 21.9. The molecule has 6 nitrogen and oxygen atoms in total. The molecule has 0 aromatic heterocycles. The summed E-state index contributed by atoms with van der Waals surface area (Å²) in [5.41, 5.74) is -0.402. The predicted octanol–water partition coefficient (Wildman–Crippen LogP) is 2.41. The van der Waals surface area contributed by atoms with E-state index >= 15 is 0 Å². The zero-order valence-corrected chi connectivity index (χ0v) is 13.1. The van der Waals surface area contributed by atoms with Crippen LogP contribution in [0.25, 0.3) is 10.8 Å². The average molecular weight is 342 g/mol. The number of carboxylic acids is 1. The molecule has 0 saturated carbocycles. The van der Waals surface area contributed by atoms with Crippen molar-refractivity contribution in [1.29, 1.82) is 0 Å². The smallest absolute Gasteiger partial charge is 0.335 e. The largest absolute Gasteiger partial charge is 0.872 e. The first kappa shape index (κ1) is 15.8. The molecule has 0 atom stereocenters. The van der Waals surface area contributed by atoms with Gasteiger partial charge in [-0.15, -0.1) is 0 Å². The van der Waals surface area contributed by atoms with Gasteiger partial charge in [-0.3, -0.25) is 4.72 Å². The van der Waals surface area contributed by atoms with Crippen LogP contribution in [0.15, 0.2) is 65.6 Å². The van der Waals surface area contributed by atoms with Crippen molar-refractivity contribution in [1.82, 2.24) is 0 Å². The number of benzene rings is 3. The van der Waals surface area contributed by atoms with Gasteiger partial charge in [0.15, 0.2) is 0 Å². The number of anilines is 1. The molecule has 0 unspecified atom stereocenters. The maximum absolute atomic E-state index is 12.6. The second-order valence-electron chi connectivity index (χ2n) is 5.10. The van der Waals surface area contributed by atoms with Gasteiger partial charge in [0.2, 0.25) is 0 Å². The summed E-state index contributed by atoms with van der Waals surface area (Å²) < 4.78 is 27.5. The van der Waals surface area contributed by atoms with Crippen molar-refractivity contribution >= 4 is 32.5 Å². The van der Waals surface area contributed by atoms with E-state index in [1.165, 1.54) is 12.1 Å². The highest BCUT2D eigenvalue weighted by atomic mass is 32.2. The van der Waals surface area contributed by atoms with Crippen LogP contribution in [0, 0.1) is 0 Å². The molecule has 7 heteroatoms. The lowest BCUT2D eigenvalue weighted by atomic mass is 10.1. The molecular formula is C17H12NO5S-. The molecule has 3 aromatic rings. The molecule has 0 spiro atoms.